The molecule has 0 saturated heterocycles. The van der Waals surface area contributed by atoms with Gasteiger partial charge in [-0.1, -0.05) is 142 Å². The van der Waals surface area contributed by atoms with E-state index in [0.29, 0.717) is 0 Å². The van der Waals surface area contributed by atoms with Crippen molar-refractivity contribution in [3.8, 4) is 44.5 Å². The highest BCUT2D eigenvalue weighted by Gasteiger charge is 2.31. The minimum absolute atomic E-state index is 0.0959. The van der Waals surface area contributed by atoms with Crippen molar-refractivity contribution in [2.75, 3.05) is 0 Å². The van der Waals surface area contributed by atoms with Gasteiger partial charge >= 0.3 is 0 Å². The van der Waals surface area contributed by atoms with Crippen LogP contribution >= 0.6 is 12.9 Å². The zero-order valence-corrected chi connectivity index (χ0v) is 24.9. The number of hydrogen-bond acceptors (Lipinski definition) is 2. The first-order valence-electron chi connectivity index (χ1n) is 14.4. The van der Waals surface area contributed by atoms with E-state index in [1.165, 1.54) is 82.4 Å². The van der Waals surface area contributed by atoms with Gasteiger partial charge in [-0.15, -0.1) is 0 Å². The Bertz CT molecular complexity index is 2120. The summed E-state index contributed by atoms with van der Waals surface area (Å²) < 4.78 is 6.69. The fraction of sp³-hybridized carbons (Fsp3) is 0.100. The fourth-order valence-corrected chi connectivity index (χ4v) is 6.87. The zero-order chi connectivity index (χ0) is 29.0. The number of thiol groups is 1. The number of benzene rings is 7. The van der Waals surface area contributed by atoms with Crippen LogP contribution in [0, 0.1) is 0 Å². The highest BCUT2D eigenvalue weighted by Crippen LogP contribution is 2.58. The Morgan fingerprint density at radius 2 is 0.976 bits per heavy atom. The normalized spacial score (nSPS) is 11.9. The molecule has 1 aliphatic rings. The third kappa shape index (κ3) is 3.98. The Morgan fingerprint density at radius 1 is 0.452 bits per heavy atom. The van der Waals surface area contributed by atoms with Crippen molar-refractivity contribution < 1.29 is 4.55 Å². The van der Waals surface area contributed by atoms with E-state index < -0.39 is 0 Å². The molecule has 1 nitrogen and oxygen atoms in total. The summed E-state index contributed by atoms with van der Waals surface area (Å²) in [5.74, 6) is 0. The summed E-state index contributed by atoms with van der Waals surface area (Å²) in [4.78, 5) is 0. The van der Waals surface area contributed by atoms with Gasteiger partial charge in [0, 0.05) is 0 Å². The standard InChI is InChI=1S/C40H30.H2OS/c1-40(2,3)28-22-21-27-23-34-37-31(33(27)24-28)19-12-20-32(37)38-35(25-13-6-4-7-14-25)29-17-10-11-18-30(29)36(39(34)38)26-15-8-5-9-16-26;1-2/h4-24H,1-3H3;1-2H. The Kier molecular flexibility index (Phi) is 6.42. The molecule has 0 bridgehead atoms. The van der Waals surface area contributed by atoms with Gasteiger partial charge < -0.3 is 4.55 Å². The van der Waals surface area contributed by atoms with Gasteiger partial charge in [-0.25, -0.2) is 0 Å². The predicted octanol–water partition coefficient (Wildman–Crippen LogP) is 11.8. The molecule has 0 unspecified atom stereocenters. The maximum absolute atomic E-state index is 6.69. The summed E-state index contributed by atoms with van der Waals surface area (Å²) >= 11 is 2.53. The summed E-state index contributed by atoms with van der Waals surface area (Å²) in [6.07, 6.45) is 0. The molecule has 204 valence electrons. The lowest BCUT2D eigenvalue weighted by Crippen LogP contribution is -2.10. The minimum Gasteiger partial charge on any atom is -0.333 e. The maximum atomic E-state index is 6.69. The molecule has 7 aromatic rings. The molecular weight excluding hydrogens is 529 g/mol. The third-order valence-electron chi connectivity index (χ3n) is 8.72. The molecule has 0 atom stereocenters. The summed E-state index contributed by atoms with van der Waals surface area (Å²) in [6, 6.07) is 47.3. The van der Waals surface area contributed by atoms with Gasteiger partial charge in [-0.3, -0.25) is 0 Å². The number of hydrogen-bond donors (Lipinski definition) is 2. The van der Waals surface area contributed by atoms with E-state index in [-0.39, 0.29) is 5.41 Å². The highest BCUT2D eigenvalue weighted by molar-refractivity contribution is 7.74. The second-order valence-electron chi connectivity index (χ2n) is 12.1. The highest BCUT2D eigenvalue weighted by atomic mass is 32.1. The topological polar surface area (TPSA) is 20.2 Å². The molecule has 0 aliphatic heterocycles. The quantitative estimate of drug-likeness (QED) is 0.122. The number of rotatable bonds is 2. The molecule has 7 aromatic carbocycles. The van der Waals surface area contributed by atoms with Crippen LogP contribution in [0.15, 0.2) is 127 Å². The first kappa shape index (κ1) is 26.5. The van der Waals surface area contributed by atoms with Crippen LogP contribution in [0.3, 0.4) is 0 Å². The van der Waals surface area contributed by atoms with E-state index in [0.717, 1.165) is 0 Å². The van der Waals surface area contributed by atoms with Crippen LogP contribution in [0.25, 0.3) is 76.8 Å². The largest absolute Gasteiger partial charge is 0.333 e. The van der Waals surface area contributed by atoms with E-state index >= 15 is 0 Å². The second kappa shape index (κ2) is 10.2. The molecule has 1 aliphatic carbocycles. The molecular formula is C40H32OS. The average Bonchev–Trinajstić information content (AvgIpc) is 3.35. The van der Waals surface area contributed by atoms with Gasteiger partial charge in [0.1, 0.15) is 0 Å². The van der Waals surface area contributed by atoms with Crippen LogP contribution in [0.5, 0.6) is 0 Å². The molecule has 0 amide bonds. The smallest absolute Gasteiger partial charge is 0.000719 e. The van der Waals surface area contributed by atoms with E-state index in [2.05, 4.69) is 161 Å². The first-order chi connectivity index (χ1) is 20.5. The van der Waals surface area contributed by atoms with E-state index in [1.54, 1.807) is 0 Å². The molecule has 2 heteroatoms. The molecule has 0 fully saturated rings. The maximum Gasteiger partial charge on any atom is -0.000719 e. The summed E-state index contributed by atoms with van der Waals surface area (Å²) in [5.41, 5.74) is 12.1. The minimum atomic E-state index is 0.0959. The average molecular weight is 561 g/mol. The Morgan fingerprint density at radius 3 is 1.55 bits per heavy atom. The molecule has 1 N–H and O–H groups in total. The van der Waals surface area contributed by atoms with Gasteiger partial charge in [0.15, 0.2) is 0 Å². The summed E-state index contributed by atoms with van der Waals surface area (Å²) in [6.45, 7) is 6.90. The number of fused-ring (bicyclic) bond motifs is 6. The van der Waals surface area contributed by atoms with Crippen molar-refractivity contribution in [1.29, 1.82) is 0 Å². The zero-order valence-electron chi connectivity index (χ0n) is 24.0. The SMILES string of the molecule is CC(C)(C)c1ccc2cc3c4c(cccc4c2c1)-c1c-3c(-c2ccccc2)c2ccccc2c1-c1ccccc1.OS. The third-order valence-corrected chi connectivity index (χ3v) is 8.72. The Hall–Kier alpha value is -4.37. The Labute approximate surface area is 252 Å². The van der Waals surface area contributed by atoms with Gasteiger partial charge in [0.25, 0.3) is 0 Å². The van der Waals surface area contributed by atoms with Crippen molar-refractivity contribution in [2.45, 2.75) is 26.2 Å². The van der Waals surface area contributed by atoms with Gasteiger partial charge in [-0.2, -0.15) is 0 Å². The molecule has 42 heavy (non-hydrogen) atoms. The van der Waals surface area contributed by atoms with E-state index in [9.17, 15) is 0 Å². The Balaban J connectivity index is 0.00000141. The molecule has 0 spiro atoms. The predicted molar refractivity (Wildman–Crippen MR) is 185 cm³/mol. The van der Waals surface area contributed by atoms with E-state index in [4.69, 9.17) is 4.55 Å². The lowest BCUT2D eigenvalue weighted by atomic mass is 9.82. The van der Waals surface area contributed by atoms with Crippen LogP contribution in [0.1, 0.15) is 26.3 Å². The molecule has 0 saturated carbocycles. The van der Waals surface area contributed by atoms with Crippen molar-refractivity contribution in [3.63, 3.8) is 0 Å². The lowest BCUT2D eigenvalue weighted by molar-refractivity contribution is 0.591. The second-order valence-corrected chi connectivity index (χ2v) is 12.1. The summed E-state index contributed by atoms with van der Waals surface area (Å²) in [5, 5.41) is 7.96. The van der Waals surface area contributed by atoms with Gasteiger partial charge in [0.05, 0.1) is 0 Å². The van der Waals surface area contributed by atoms with Crippen molar-refractivity contribution >= 4 is 45.2 Å². The lowest BCUT2D eigenvalue weighted by Gasteiger charge is -2.21. The first-order valence-corrected chi connectivity index (χ1v) is 14.8. The van der Waals surface area contributed by atoms with Gasteiger partial charge in [-0.05, 0) is 107 Å². The van der Waals surface area contributed by atoms with Crippen molar-refractivity contribution in [2.24, 2.45) is 0 Å². The monoisotopic (exact) mass is 560 g/mol. The van der Waals surface area contributed by atoms with Crippen molar-refractivity contribution in [1.82, 2.24) is 0 Å². The molecule has 0 radical (unpaired) electrons. The fourth-order valence-electron chi connectivity index (χ4n) is 6.87. The van der Waals surface area contributed by atoms with Crippen LogP contribution in [0.2, 0.25) is 0 Å². The van der Waals surface area contributed by atoms with E-state index in [1.807, 2.05) is 0 Å². The van der Waals surface area contributed by atoms with Crippen LogP contribution in [-0.4, -0.2) is 4.55 Å². The molecule has 0 heterocycles. The molecule has 0 aromatic heterocycles. The molecule has 8 rings (SSSR count). The van der Waals surface area contributed by atoms with Crippen LogP contribution in [0.4, 0.5) is 0 Å². The summed E-state index contributed by atoms with van der Waals surface area (Å²) in [7, 11) is 0. The van der Waals surface area contributed by atoms with Crippen LogP contribution in [-0.2, 0) is 5.41 Å². The van der Waals surface area contributed by atoms with Gasteiger partial charge in [0.2, 0.25) is 0 Å². The van der Waals surface area contributed by atoms with Crippen molar-refractivity contribution in [3.05, 3.63) is 133 Å². The van der Waals surface area contributed by atoms with Crippen LogP contribution < -0.4 is 0 Å².